The molecule has 0 aliphatic carbocycles. The van der Waals surface area contributed by atoms with Gasteiger partial charge in [-0.25, -0.2) is 0 Å². The number of carbonyl (C=O) groups is 1. The number of fused-ring (bicyclic) bond motifs is 1. The van der Waals surface area contributed by atoms with Crippen LogP contribution in [0, 0.1) is 12.3 Å². The van der Waals surface area contributed by atoms with Gasteiger partial charge in [0.1, 0.15) is 0 Å². The Labute approximate surface area is 101 Å². The van der Waals surface area contributed by atoms with Crippen molar-refractivity contribution in [3.63, 3.8) is 0 Å². The van der Waals surface area contributed by atoms with Crippen molar-refractivity contribution in [1.29, 1.82) is 0 Å². The van der Waals surface area contributed by atoms with Crippen LogP contribution < -0.4 is 0 Å². The second kappa shape index (κ2) is 3.90. The van der Waals surface area contributed by atoms with E-state index in [-0.39, 0.29) is 18.4 Å². The Balaban J connectivity index is 2.62. The molecule has 0 aromatic heterocycles. The molecule has 3 heteroatoms. The first-order valence-electron chi connectivity index (χ1n) is 5.61. The molecule has 2 rings (SSSR count). The van der Waals surface area contributed by atoms with Crippen molar-refractivity contribution in [2.24, 2.45) is 0 Å². The van der Waals surface area contributed by atoms with Crippen LogP contribution in [0.4, 0.5) is 0 Å². The number of rotatable bonds is 2. The van der Waals surface area contributed by atoms with Gasteiger partial charge in [0.15, 0.2) is 5.72 Å². The molecule has 1 atom stereocenters. The maximum absolute atomic E-state index is 12.2. The number of aliphatic hydroxyl groups is 1. The summed E-state index contributed by atoms with van der Waals surface area (Å²) in [5, 5.41) is 10.7. The molecule has 1 aromatic rings. The first-order chi connectivity index (χ1) is 8.02. The van der Waals surface area contributed by atoms with E-state index in [0.717, 1.165) is 0 Å². The highest BCUT2D eigenvalue weighted by Crippen LogP contribution is 2.40. The highest BCUT2D eigenvalue weighted by molar-refractivity contribution is 5.99. The molecule has 1 amide bonds. The fourth-order valence-electron chi connectivity index (χ4n) is 2.43. The van der Waals surface area contributed by atoms with Crippen LogP contribution in [0.5, 0.6) is 0 Å². The van der Waals surface area contributed by atoms with E-state index in [1.54, 1.807) is 24.3 Å². The number of hydrogen-bond donors (Lipinski definition) is 1. The van der Waals surface area contributed by atoms with Crippen molar-refractivity contribution in [1.82, 2.24) is 4.90 Å². The summed E-state index contributed by atoms with van der Waals surface area (Å²) in [6, 6.07) is 6.97. The molecule has 0 bridgehead atoms. The van der Waals surface area contributed by atoms with Crippen molar-refractivity contribution in [2.75, 3.05) is 0 Å². The van der Waals surface area contributed by atoms with Crippen molar-refractivity contribution in [3.8, 4) is 12.3 Å². The largest absolute Gasteiger partial charge is 0.366 e. The van der Waals surface area contributed by atoms with Crippen molar-refractivity contribution in [3.05, 3.63) is 35.4 Å². The number of carbonyl (C=O) groups excluding carboxylic acids is 1. The van der Waals surface area contributed by atoms with Gasteiger partial charge >= 0.3 is 0 Å². The standard InChI is InChI=1S/C14H15NO2/c1-4-9-14(17)12-8-6-5-7-11(12)13(16)15(14)10(2)3/h1,5-8,10,17H,9H2,2-3H3. The van der Waals surface area contributed by atoms with Gasteiger partial charge in [-0.3, -0.25) is 4.79 Å². The van der Waals surface area contributed by atoms with E-state index in [1.165, 1.54) is 4.90 Å². The van der Waals surface area contributed by atoms with Gasteiger partial charge < -0.3 is 10.0 Å². The lowest BCUT2D eigenvalue weighted by Crippen LogP contribution is -2.47. The minimum Gasteiger partial charge on any atom is -0.366 e. The quantitative estimate of drug-likeness (QED) is 0.784. The van der Waals surface area contributed by atoms with E-state index in [0.29, 0.717) is 11.1 Å². The molecule has 1 aromatic carbocycles. The van der Waals surface area contributed by atoms with E-state index in [9.17, 15) is 9.90 Å². The lowest BCUT2D eigenvalue weighted by molar-refractivity contribution is -0.0928. The van der Waals surface area contributed by atoms with Gasteiger partial charge in [-0.1, -0.05) is 18.2 Å². The Bertz CT molecular complexity index is 501. The first-order valence-corrected chi connectivity index (χ1v) is 5.61. The van der Waals surface area contributed by atoms with E-state index >= 15 is 0 Å². The molecule has 17 heavy (non-hydrogen) atoms. The maximum atomic E-state index is 12.2. The molecule has 88 valence electrons. The van der Waals surface area contributed by atoms with Crippen molar-refractivity contribution >= 4 is 5.91 Å². The Kier molecular flexibility index (Phi) is 2.68. The summed E-state index contributed by atoms with van der Waals surface area (Å²) in [7, 11) is 0. The predicted molar refractivity (Wildman–Crippen MR) is 65.1 cm³/mol. The highest BCUT2D eigenvalue weighted by Gasteiger charge is 2.48. The summed E-state index contributed by atoms with van der Waals surface area (Å²) in [5.41, 5.74) is -0.216. The number of terminal acetylenes is 1. The monoisotopic (exact) mass is 229 g/mol. The molecular formula is C14H15NO2. The molecule has 0 radical (unpaired) electrons. The third-order valence-electron chi connectivity index (χ3n) is 3.07. The summed E-state index contributed by atoms with van der Waals surface area (Å²) >= 11 is 0. The van der Waals surface area contributed by atoms with Gasteiger partial charge in [0, 0.05) is 17.2 Å². The summed E-state index contributed by atoms with van der Waals surface area (Å²) in [6.07, 6.45) is 5.42. The van der Waals surface area contributed by atoms with Crippen LogP contribution in [-0.4, -0.2) is 22.0 Å². The fraction of sp³-hybridized carbons (Fsp3) is 0.357. The maximum Gasteiger partial charge on any atom is 0.257 e. The van der Waals surface area contributed by atoms with Gasteiger partial charge in [0.05, 0.1) is 6.42 Å². The highest BCUT2D eigenvalue weighted by atomic mass is 16.3. The predicted octanol–water partition coefficient (Wildman–Crippen LogP) is 1.72. The normalized spacial score (nSPS) is 22.8. The average molecular weight is 229 g/mol. The molecule has 3 nitrogen and oxygen atoms in total. The Morgan fingerprint density at radius 3 is 2.71 bits per heavy atom. The van der Waals surface area contributed by atoms with Gasteiger partial charge in [0.2, 0.25) is 0 Å². The molecule has 0 saturated heterocycles. The van der Waals surface area contributed by atoms with Gasteiger partial charge in [-0.05, 0) is 19.9 Å². The SMILES string of the molecule is C#CCC1(O)c2ccccc2C(=O)N1C(C)C. The van der Waals surface area contributed by atoms with E-state index in [4.69, 9.17) is 6.42 Å². The molecule has 1 aliphatic rings. The lowest BCUT2D eigenvalue weighted by atomic mass is 9.98. The average Bonchev–Trinajstić information content (AvgIpc) is 2.49. The molecule has 0 fully saturated rings. The molecule has 1 unspecified atom stereocenters. The van der Waals surface area contributed by atoms with Crippen molar-refractivity contribution in [2.45, 2.75) is 32.0 Å². The summed E-state index contributed by atoms with van der Waals surface area (Å²) < 4.78 is 0. The van der Waals surface area contributed by atoms with Crippen LogP contribution in [-0.2, 0) is 5.72 Å². The van der Waals surface area contributed by atoms with Crippen LogP contribution in [0.25, 0.3) is 0 Å². The molecule has 1 N–H and O–H groups in total. The molecule has 0 saturated carbocycles. The topological polar surface area (TPSA) is 40.5 Å². The van der Waals surface area contributed by atoms with E-state index < -0.39 is 5.72 Å². The molecule has 1 heterocycles. The van der Waals surface area contributed by atoms with E-state index in [1.807, 2.05) is 13.8 Å². The zero-order valence-electron chi connectivity index (χ0n) is 9.97. The fourth-order valence-corrected chi connectivity index (χ4v) is 2.43. The number of hydrogen-bond acceptors (Lipinski definition) is 2. The Morgan fingerprint density at radius 2 is 2.12 bits per heavy atom. The van der Waals surface area contributed by atoms with Gasteiger partial charge in [0.25, 0.3) is 5.91 Å². The van der Waals surface area contributed by atoms with Crippen LogP contribution in [0.15, 0.2) is 24.3 Å². The van der Waals surface area contributed by atoms with Crippen LogP contribution in [0.2, 0.25) is 0 Å². The van der Waals surface area contributed by atoms with Crippen molar-refractivity contribution < 1.29 is 9.90 Å². The lowest BCUT2D eigenvalue weighted by Gasteiger charge is -2.35. The first kappa shape index (κ1) is 11.7. The smallest absolute Gasteiger partial charge is 0.257 e. The van der Waals surface area contributed by atoms with Gasteiger partial charge in [-0.2, -0.15) is 0 Å². The van der Waals surface area contributed by atoms with Crippen LogP contribution in [0.1, 0.15) is 36.2 Å². The third-order valence-corrected chi connectivity index (χ3v) is 3.07. The molecule has 1 aliphatic heterocycles. The Morgan fingerprint density at radius 1 is 1.47 bits per heavy atom. The zero-order chi connectivity index (χ0) is 12.6. The Hall–Kier alpha value is -1.79. The summed E-state index contributed by atoms with van der Waals surface area (Å²) in [6.45, 7) is 3.73. The van der Waals surface area contributed by atoms with E-state index in [2.05, 4.69) is 5.92 Å². The number of nitrogens with zero attached hydrogens (tertiary/aromatic N) is 1. The summed E-state index contributed by atoms with van der Waals surface area (Å²) in [5.74, 6) is 2.29. The third kappa shape index (κ3) is 1.53. The van der Waals surface area contributed by atoms with Gasteiger partial charge in [-0.15, -0.1) is 12.3 Å². The minimum absolute atomic E-state index is 0.103. The number of amides is 1. The second-order valence-corrected chi connectivity index (χ2v) is 4.51. The van der Waals surface area contributed by atoms with Crippen LogP contribution >= 0.6 is 0 Å². The van der Waals surface area contributed by atoms with Crippen LogP contribution in [0.3, 0.4) is 0 Å². The molecule has 0 spiro atoms. The second-order valence-electron chi connectivity index (χ2n) is 4.51. The molecular weight excluding hydrogens is 214 g/mol. The minimum atomic E-state index is -1.36. The zero-order valence-corrected chi connectivity index (χ0v) is 9.97. The number of benzene rings is 1. The summed E-state index contributed by atoms with van der Waals surface area (Å²) in [4.78, 5) is 13.7.